The zero-order valence-corrected chi connectivity index (χ0v) is 10.5. The first-order valence-electron chi connectivity index (χ1n) is 4.53. The molecule has 0 amide bonds. The predicted molar refractivity (Wildman–Crippen MR) is 61.0 cm³/mol. The molecule has 0 aliphatic heterocycles. The van der Waals surface area contributed by atoms with E-state index in [1.54, 1.807) is 6.07 Å². The number of hydrogen-bond donors (Lipinski definition) is 1. The quantitative estimate of drug-likeness (QED) is 0.825. The molecule has 0 unspecified atom stereocenters. The fraction of sp³-hybridized carbons (Fsp3) is 0.400. The number of halogens is 1. The topological polar surface area (TPSA) is 68.5 Å². The Morgan fingerprint density at radius 1 is 1.62 bits per heavy atom. The molecule has 1 heterocycles. The van der Waals surface area contributed by atoms with Crippen molar-refractivity contribution in [2.24, 2.45) is 0 Å². The molecule has 1 N–H and O–H groups in total. The molecule has 0 saturated carbocycles. The second-order valence-electron chi connectivity index (χ2n) is 3.58. The van der Waals surface area contributed by atoms with Crippen LogP contribution >= 0.6 is 15.9 Å². The molecule has 0 spiro atoms. The number of nitrogens with zero attached hydrogens (tertiary/aromatic N) is 1. The molecule has 0 radical (unpaired) electrons. The van der Waals surface area contributed by atoms with Crippen molar-refractivity contribution in [3.8, 4) is 0 Å². The fourth-order valence-corrected chi connectivity index (χ4v) is 1.62. The highest BCUT2D eigenvalue weighted by atomic mass is 79.9. The van der Waals surface area contributed by atoms with Crippen LogP contribution in [0.25, 0.3) is 0 Å². The summed E-state index contributed by atoms with van der Waals surface area (Å²) in [6, 6.07) is 2.93. The van der Waals surface area contributed by atoms with Crippen LogP contribution in [0.2, 0.25) is 0 Å². The Morgan fingerprint density at radius 3 is 2.81 bits per heavy atom. The highest BCUT2D eigenvalue weighted by Crippen LogP contribution is 2.11. The van der Waals surface area contributed by atoms with E-state index in [1.165, 1.54) is 30.9 Å². The normalized spacial score (nSPS) is 14.2. The molecule has 0 aliphatic rings. The van der Waals surface area contributed by atoms with E-state index in [1.807, 2.05) is 0 Å². The first-order valence-corrected chi connectivity index (χ1v) is 5.33. The maximum absolute atomic E-state index is 11.4. The lowest BCUT2D eigenvalue weighted by Gasteiger charge is -2.21. The Labute approximate surface area is 101 Å². The van der Waals surface area contributed by atoms with Gasteiger partial charge in [-0.1, -0.05) is 0 Å². The van der Waals surface area contributed by atoms with Crippen molar-refractivity contribution in [3.05, 3.63) is 33.2 Å². The van der Waals surface area contributed by atoms with Crippen molar-refractivity contribution in [2.45, 2.75) is 19.1 Å². The predicted octanol–water partition coefficient (Wildman–Crippen LogP) is 0.535. The van der Waals surface area contributed by atoms with Gasteiger partial charge in [-0.05, 0) is 28.9 Å². The minimum absolute atomic E-state index is 0.155. The van der Waals surface area contributed by atoms with Crippen molar-refractivity contribution in [1.29, 1.82) is 0 Å². The van der Waals surface area contributed by atoms with Gasteiger partial charge in [0.15, 0.2) is 5.60 Å². The summed E-state index contributed by atoms with van der Waals surface area (Å²) < 4.78 is 6.37. The molecule has 0 aromatic carbocycles. The molecule has 1 atom stereocenters. The molecular formula is C10H12BrNO4. The van der Waals surface area contributed by atoms with E-state index in [-0.39, 0.29) is 12.1 Å². The first-order chi connectivity index (χ1) is 7.36. The lowest BCUT2D eigenvalue weighted by Crippen LogP contribution is -2.42. The fourth-order valence-electron chi connectivity index (χ4n) is 1.24. The Bertz CT molecular complexity index is 452. The summed E-state index contributed by atoms with van der Waals surface area (Å²) in [5, 5.41) is 9.80. The molecule has 16 heavy (non-hydrogen) atoms. The summed E-state index contributed by atoms with van der Waals surface area (Å²) in [5.74, 6) is -0.778. The third-order valence-corrected chi connectivity index (χ3v) is 2.52. The summed E-state index contributed by atoms with van der Waals surface area (Å²) in [7, 11) is 1.18. The summed E-state index contributed by atoms with van der Waals surface area (Å²) in [4.78, 5) is 22.7. The number of aliphatic hydroxyl groups is 1. The van der Waals surface area contributed by atoms with Gasteiger partial charge in [0.1, 0.15) is 0 Å². The number of aromatic nitrogens is 1. The number of rotatable bonds is 3. The molecule has 0 saturated heterocycles. The van der Waals surface area contributed by atoms with Crippen LogP contribution in [0, 0.1) is 0 Å². The smallest absolute Gasteiger partial charge is 0.339 e. The lowest BCUT2D eigenvalue weighted by molar-refractivity contribution is -0.161. The van der Waals surface area contributed by atoms with E-state index in [0.29, 0.717) is 4.47 Å². The third-order valence-electron chi connectivity index (χ3n) is 2.05. The molecule has 1 aromatic rings. The van der Waals surface area contributed by atoms with E-state index in [9.17, 15) is 14.7 Å². The van der Waals surface area contributed by atoms with Gasteiger partial charge in [-0.15, -0.1) is 0 Å². The van der Waals surface area contributed by atoms with Gasteiger partial charge < -0.3 is 14.4 Å². The molecule has 0 aliphatic carbocycles. The number of pyridine rings is 1. The largest absolute Gasteiger partial charge is 0.467 e. The van der Waals surface area contributed by atoms with Crippen LogP contribution in [0.3, 0.4) is 0 Å². The Kier molecular flexibility index (Phi) is 3.88. The molecule has 6 heteroatoms. The van der Waals surface area contributed by atoms with Crippen LogP contribution in [-0.2, 0) is 16.1 Å². The monoisotopic (exact) mass is 289 g/mol. The van der Waals surface area contributed by atoms with Crippen LogP contribution in [0.4, 0.5) is 0 Å². The summed E-state index contributed by atoms with van der Waals surface area (Å²) in [6.45, 7) is 1.14. The molecule has 1 rings (SSSR count). The van der Waals surface area contributed by atoms with E-state index in [0.717, 1.165) is 0 Å². The molecule has 0 fully saturated rings. The second-order valence-corrected chi connectivity index (χ2v) is 4.49. The number of esters is 1. The van der Waals surface area contributed by atoms with Crippen molar-refractivity contribution in [1.82, 2.24) is 4.57 Å². The van der Waals surface area contributed by atoms with Crippen LogP contribution in [0.5, 0.6) is 0 Å². The van der Waals surface area contributed by atoms with E-state index in [4.69, 9.17) is 0 Å². The summed E-state index contributed by atoms with van der Waals surface area (Å²) in [5.41, 5.74) is -2.02. The highest BCUT2D eigenvalue weighted by molar-refractivity contribution is 9.10. The molecule has 88 valence electrons. The zero-order chi connectivity index (χ0) is 12.3. The average molecular weight is 290 g/mol. The van der Waals surface area contributed by atoms with Gasteiger partial charge in [0.25, 0.3) is 5.56 Å². The minimum Gasteiger partial charge on any atom is -0.467 e. The maximum atomic E-state index is 11.4. The van der Waals surface area contributed by atoms with Crippen molar-refractivity contribution in [3.63, 3.8) is 0 Å². The van der Waals surface area contributed by atoms with Crippen LogP contribution in [0.15, 0.2) is 27.6 Å². The maximum Gasteiger partial charge on any atom is 0.339 e. The number of ether oxygens (including phenoxy) is 1. The average Bonchev–Trinajstić information content (AvgIpc) is 2.22. The molecule has 0 bridgehead atoms. The minimum atomic E-state index is -1.72. The number of carbonyl (C=O) groups is 1. The second kappa shape index (κ2) is 4.80. The summed E-state index contributed by atoms with van der Waals surface area (Å²) >= 11 is 3.20. The van der Waals surface area contributed by atoms with Gasteiger partial charge in [0.05, 0.1) is 13.7 Å². The van der Waals surface area contributed by atoms with Crippen LogP contribution in [0.1, 0.15) is 6.92 Å². The number of carbonyl (C=O) groups excluding carboxylic acids is 1. The van der Waals surface area contributed by atoms with Gasteiger partial charge in [-0.3, -0.25) is 4.79 Å². The molecule has 5 nitrogen and oxygen atoms in total. The zero-order valence-electron chi connectivity index (χ0n) is 8.94. The van der Waals surface area contributed by atoms with Crippen molar-refractivity contribution >= 4 is 21.9 Å². The highest BCUT2D eigenvalue weighted by Gasteiger charge is 2.32. The Balaban J connectivity index is 3.00. The van der Waals surface area contributed by atoms with Gasteiger partial charge >= 0.3 is 5.97 Å². The van der Waals surface area contributed by atoms with Gasteiger partial charge in [-0.25, -0.2) is 4.79 Å². The lowest BCUT2D eigenvalue weighted by atomic mass is 10.1. The van der Waals surface area contributed by atoms with Crippen LogP contribution in [-0.4, -0.2) is 28.4 Å². The third kappa shape index (κ3) is 2.93. The standard InChI is InChI=1S/C10H12BrNO4/c1-10(15,9(14)16-2)6-12-5-7(11)3-4-8(12)13/h3-5,15H,6H2,1-2H3/t10-/m1/s1. The summed E-state index contributed by atoms with van der Waals surface area (Å²) in [6.07, 6.45) is 1.50. The van der Waals surface area contributed by atoms with E-state index in [2.05, 4.69) is 20.7 Å². The van der Waals surface area contributed by atoms with Crippen molar-refractivity contribution in [2.75, 3.05) is 7.11 Å². The first kappa shape index (κ1) is 12.9. The Hall–Kier alpha value is -1.14. The van der Waals surface area contributed by atoms with Crippen molar-refractivity contribution < 1.29 is 14.6 Å². The van der Waals surface area contributed by atoms with Gasteiger partial charge in [0, 0.05) is 16.7 Å². The Morgan fingerprint density at radius 2 is 2.25 bits per heavy atom. The molecule has 1 aromatic heterocycles. The number of methoxy groups -OCH3 is 1. The van der Waals surface area contributed by atoms with Gasteiger partial charge in [0.2, 0.25) is 0 Å². The SMILES string of the molecule is COC(=O)[C@](C)(O)Cn1cc(Br)ccc1=O. The van der Waals surface area contributed by atoms with E-state index < -0.39 is 11.6 Å². The van der Waals surface area contributed by atoms with Crippen LogP contribution < -0.4 is 5.56 Å². The molecular weight excluding hydrogens is 278 g/mol. The van der Waals surface area contributed by atoms with Gasteiger partial charge in [-0.2, -0.15) is 0 Å². The number of hydrogen-bond acceptors (Lipinski definition) is 4. The van der Waals surface area contributed by atoms with E-state index >= 15 is 0 Å².